The molecular formula is C14H20N4. The Labute approximate surface area is 109 Å². The molecule has 0 saturated carbocycles. The second kappa shape index (κ2) is 6.50. The second-order valence-corrected chi connectivity index (χ2v) is 4.68. The van der Waals surface area contributed by atoms with E-state index in [0.29, 0.717) is 0 Å². The molecule has 0 unspecified atom stereocenters. The zero-order chi connectivity index (χ0) is 12.8. The molecule has 1 heterocycles. The molecule has 0 bridgehead atoms. The van der Waals surface area contributed by atoms with Gasteiger partial charge < -0.3 is 5.73 Å². The number of nitriles is 1. The van der Waals surface area contributed by atoms with Gasteiger partial charge in [-0.25, -0.2) is 0 Å². The van der Waals surface area contributed by atoms with Gasteiger partial charge in [0.2, 0.25) is 0 Å². The van der Waals surface area contributed by atoms with E-state index >= 15 is 0 Å². The normalized spacial score (nSPS) is 17.6. The standard InChI is InChI=1S/C14H20N4/c15-5-6-17-7-9-18(10-8-17)12-14-4-2-1-3-13(14)11-16/h1-4H,5-10,12,15H2. The molecule has 0 amide bonds. The number of hydrogen-bond donors (Lipinski definition) is 1. The quantitative estimate of drug-likeness (QED) is 0.844. The predicted octanol–water partition coefficient (Wildman–Crippen LogP) is 0.635. The molecular weight excluding hydrogens is 224 g/mol. The van der Waals surface area contributed by atoms with Crippen LogP contribution in [0.5, 0.6) is 0 Å². The van der Waals surface area contributed by atoms with Crippen molar-refractivity contribution >= 4 is 0 Å². The molecule has 1 aliphatic rings. The lowest BCUT2D eigenvalue weighted by molar-refractivity contribution is 0.130. The highest BCUT2D eigenvalue weighted by Gasteiger charge is 2.16. The van der Waals surface area contributed by atoms with E-state index in [9.17, 15) is 0 Å². The zero-order valence-electron chi connectivity index (χ0n) is 10.7. The van der Waals surface area contributed by atoms with Crippen molar-refractivity contribution in [2.45, 2.75) is 6.54 Å². The van der Waals surface area contributed by atoms with E-state index in [4.69, 9.17) is 11.0 Å². The molecule has 0 aromatic heterocycles. The minimum absolute atomic E-state index is 0.733. The molecule has 1 aliphatic heterocycles. The lowest BCUT2D eigenvalue weighted by Gasteiger charge is -2.34. The van der Waals surface area contributed by atoms with Gasteiger partial charge in [-0.15, -0.1) is 0 Å². The van der Waals surface area contributed by atoms with Crippen LogP contribution in [0, 0.1) is 11.3 Å². The summed E-state index contributed by atoms with van der Waals surface area (Å²) in [5.41, 5.74) is 7.49. The number of benzene rings is 1. The van der Waals surface area contributed by atoms with Crippen LogP contribution in [0.2, 0.25) is 0 Å². The molecule has 1 saturated heterocycles. The fourth-order valence-electron chi connectivity index (χ4n) is 2.36. The Morgan fingerprint density at radius 1 is 1.11 bits per heavy atom. The average molecular weight is 244 g/mol. The molecule has 0 aliphatic carbocycles. The van der Waals surface area contributed by atoms with Crippen molar-refractivity contribution in [1.82, 2.24) is 9.80 Å². The minimum atomic E-state index is 0.733. The number of nitrogens with zero attached hydrogens (tertiary/aromatic N) is 3. The van der Waals surface area contributed by atoms with Crippen LogP contribution in [-0.2, 0) is 6.54 Å². The number of hydrogen-bond acceptors (Lipinski definition) is 4. The van der Waals surface area contributed by atoms with Crippen molar-refractivity contribution in [2.24, 2.45) is 5.73 Å². The highest BCUT2D eigenvalue weighted by molar-refractivity contribution is 5.37. The summed E-state index contributed by atoms with van der Waals surface area (Å²) in [5.74, 6) is 0. The molecule has 96 valence electrons. The third-order valence-electron chi connectivity index (χ3n) is 3.44. The van der Waals surface area contributed by atoms with E-state index in [1.54, 1.807) is 0 Å². The first-order valence-electron chi connectivity index (χ1n) is 6.46. The second-order valence-electron chi connectivity index (χ2n) is 4.68. The van der Waals surface area contributed by atoms with Crippen molar-refractivity contribution in [2.75, 3.05) is 39.3 Å². The third kappa shape index (κ3) is 3.30. The Balaban J connectivity index is 1.90. The Hall–Kier alpha value is -1.41. The van der Waals surface area contributed by atoms with E-state index in [1.807, 2.05) is 24.3 Å². The fraction of sp³-hybridized carbons (Fsp3) is 0.500. The summed E-state index contributed by atoms with van der Waals surface area (Å²) in [6.07, 6.45) is 0. The first kappa shape index (κ1) is 13.0. The molecule has 2 N–H and O–H groups in total. The molecule has 4 nitrogen and oxygen atoms in total. The van der Waals surface area contributed by atoms with Gasteiger partial charge in [-0.1, -0.05) is 18.2 Å². The van der Waals surface area contributed by atoms with E-state index in [-0.39, 0.29) is 0 Å². The van der Waals surface area contributed by atoms with E-state index in [1.165, 1.54) is 0 Å². The van der Waals surface area contributed by atoms with Crippen LogP contribution in [0.25, 0.3) is 0 Å². The molecule has 0 radical (unpaired) electrons. The van der Waals surface area contributed by atoms with E-state index < -0.39 is 0 Å². The molecule has 4 heteroatoms. The van der Waals surface area contributed by atoms with Crippen LogP contribution >= 0.6 is 0 Å². The molecule has 0 spiro atoms. The van der Waals surface area contributed by atoms with Crippen LogP contribution < -0.4 is 5.73 Å². The topological polar surface area (TPSA) is 56.3 Å². The van der Waals surface area contributed by atoms with Gasteiger partial charge in [0.25, 0.3) is 0 Å². The van der Waals surface area contributed by atoms with Crippen molar-refractivity contribution in [1.29, 1.82) is 5.26 Å². The summed E-state index contributed by atoms with van der Waals surface area (Å²) >= 11 is 0. The van der Waals surface area contributed by atoms with Gasteiger partial charge in [0.15, 0.2) is 0 Å². The monoisotopic (exact) mass is 244 g/mol. The minimum Gasteiger partial charge on any atom is -0.329 e. The van der Waals surface area contributed by atoms with Gasteiger partial charge in [0.1, 0.15) is 0 Å². The van der Waals surface area contributed by atoms with Crippen molar-refractivity contribution < 1.29 is 0 Å². The highest BCUT2D eigenvalue weighted by atomic mass is 15.3. The summed E-state index contributed by atoms with van der Waals surface area (Å²) in [6.45, 7) is 6.86. The van der Waals surface area contributed by atoms with Gasteiger partial charge in [-0.3, -0.25) is 9.80 Å². The first-order chi connectivity index (χ1) is 8.83. The number of piperazine rings is 1. The number of nitrogens with two attached hydrogens (primary N) is 1. The zero-order valence-corrected chi connectivity index (χ0v) is 10.7. The summed E-state index contributed by atoms with van der Waals surface area (Å²) in [4.78, 5) is 4.80. The Kier molecular flexibility index (Phi) is 4.71. The number of rotatable bonds is 4. The van der Waals surface area contributed by atoms with Crippen molar-refractivity contribution in [3.8, 4) is 6.07 Å². The maximum absolute atomic E-state index is 9.07. The van der Waals surface area contributed by atoms with Gasteiger partial charge in [-0.05, 0) is 11.6 Å². The SMILES string of the molecule is N#Cc1ccccc1CN1CCN(CCN)CC1. The summed E-state index contributed by atoms with van der Waals surface area (Å²) in [6, 6.07) is 10.1. The van der Waals surface area contributed by atoms with Gasteiger partial charge in [0, 0.05) is 45.8 Å². The smallest absolute Gasteiger partial charge is 0.0995 e. The average Bonchev–Trinajstić information content (AvgIpc) is 2.42. The Bertz CT molecular complexity index is 416. The Morgan fingerprint density at radius 2 is 1.78 bits per heavy atom. The largest absolute Gasteiger partial charge is 0.329 e. The summed E-state index contributed by atoms with van der Waals surface area (Å²) < 4.78 is 0. The van der Waals surface area contributed by atoms with E-state index in [0.717, 1.165) is 56.9 Å². The van der Waals surface area contributed by atoms with Crippen LogP contribution in [0.3, 0.4) is 0 Å². The first-order valence-corrected chi connectivity index (χ1v) is 6.46. The highest BCUT2D eigenvalue weighted by Crippen LogP contribution is 2.12. The van der Waals surface area contributed by atoms with Crippen molar-refractivity contribution in [3.05, 3.63) is 35.4 Å². The van der Waals surface area contributed by atoms with Gasteiger partial charge in [0.05, 0.1) is 11.6 Å². The molecule has 0 atom stereocenters. The summed E-state index contributed by atoms with van der Waals surface area (Å²) in [7, 11) is 0. The van der Waals surface area contributed by atoms with Crippen LogP contribution in [0.15, 0.2) is 24.3 Å². The van der Waals surface area contributed by atoms with Crippen LogP contribution in [-0.4, -0.2) is 49.1 Å². The lowest BCUT2D eigenvalue weighted by Crippen LogP contribution is -2.47. The van der Waals surface area contributed by atoms with Gasteiger partial charge in [-0.2, -0.15) is 5.26 Å². The molecule has 18 heavy (non-hydrogen) atoms. The maximum Gasteiger partial charge on any atom is 0.0995 e. The van der Waals surface area contributed by atoms with Crippen LogP contribution in [0.1, 0.15) is 11.1 Å². The van der Waals surface area contributed by atoms with E-state index in [2.05, 4.69) is 15.9 Å². The molecule has 2 rings (SSSR count). The van der Waals surface area contributed by atoms with Crippen LogP contribution in [0.4, 0.5) is 0 Å². The molecule has 1 fully saturated rings. The predicted molar refractivity (Wildman–Crippen MR) is 71.9 cm³/mol. The molecule has 1 aromatic carbocycles. The lowest BCUT2D eigenvalue weighted by atomic mass is 10.1. The third-order valence-corrected chi connectivity index (χ3v) is 3.44. The van der Waals surface area contributed by atoms with Gasteiger partial charge >= 0.3 is 0 Å². The summed E-state index contributed by atoms with van der Waals surface area (Å²) in [5, 5.41) is 9.07. The maximum atomic E-state index is 9.07. The fourth-order valence-corrected chi connectivity index (χ4v) is 2.36. The molecule has 1 aromatic rings. The van der Waals surface area contributed by atoms with Crippen molar-refractivity contribution in [3.63, 3.8) is 0 Å². The Morgan fingerprint density at radius 3 is 2.44 bits per heavy atom.